The number of aliphatic hydroxyl groups excluding tert-OH is 2. The molecule has 0 aliphatic rings. The van der Waals surface area contributed by atoms with Gasteiger partial charge in [-0.15, -0.1) is 0 Å². The second kappa shape index (κ2) is 43.8. The zero-order valence-corrected chi connectivity index (χ0v) is 35.2. The van der Waals surface area contributed by atoms with Gasteiger partial charge in [0.05, 0.1) is 18.8 Å². The molecule has 0 aromatic heterocycles. The zero-order chi connectivity index (χ0) is 37.1. The number of aliphatic hydroxyl groups is 2. The standard InChI is InChI=1S/C47H95NO3/c1-3-5-7-9-10-11-12-13-14-15-16-17-18-19-20-21-22-23-24-25-26-27-28-29-30-31-32-33-34-35-36-37-38-39-41-43-47(51)48-45(44-49)46(50)42-40-8-6-4-2/h45-46,49-50H,3-44H2,1-2H3,(H,48,51). The van der Waals surface area contributed by atoms with Crippen LogP contribution in [0.5, 0.6) is 0 Å². The van der Waals surface area contributed by atoms with E-state index < -0.39 is 12.1 Å². The monoisotopic (exact) mass is 722 g/mol. The molecule has 4 heteroatoms. The van der Waals surface area contributed by atoms with Crippen molar-refractivity contribution in [2.75, 3.05) is 6.61 Å². The van der Waals surface area contributed by atoms with Gasteiger partial charge in [-0.3, -0.25) is 4.79 Å². The molecule has 2 atom stereocenters. The number of amides is 1. The van der Waals surface area contributed by atoms with Crippen LogP contribution in [0.3, 0.4) is 0 Å². The quantitative estimate of drug-likeness (QED) is 0.0549. The molecule has 3 N–H and O–H groups in total. The first-order chi connectivity index (χ1) is 25.2. The summed E-state index contributed by atoms with van der Waals surface area (Å²) in [7, 11) is 0. The normalized spacial score (nSPS) is 12.8. The zero-order valence-electron chi connectivity index (χ0n) is 35.2. The Bertz CT molecular complexity index is 655. The number of carbonyl (C=O) groups excluding carboxylic acids is 1. The van der Waals surface area contributed by atoms with Crippen molar-refractivity contribution in [2.45, 2.75) is 289 Å². The average Bonchev–Trinajstić information content (AvgIpc) is 3.13. The molecule has 0 aromatic carbocycles. The third kappa shape index (κ3) is 40.4. The summed E-state index contributed by atoms with van der Waals surface area (Å²) in [4.78, 5) is 12.2. The van der Waals surface area contributed by atoms with Crippen LogP contribution in [0.25, 0.3) is 0 Å². The number of unbranched alkanes of at least 4 members (excludes halogenated alkanes) is 37. The van der Waals surface area contributed by atoms with Gasteiger partial charge in [-0.25, -0.2) is 0 Å². The number of rotatable bonds is 44. The van der Waals surface area contributed by atoms with Crippen LogP contribution in [-0.2, 0) is 4.79 Å². The average molecular weight is 722 g/mol. The third-order valence-corrected chi connectivity index (χ3v) is 11.4. The highest BCUT2D eigenvalue weighted by molar-refractivity contribution is 5.76. The first-order valence-electron chi connectivity index (χ1n) is 23.7. The maximum atomic E-state index is 12.2. The van der Waals surface area contributed by atoms with Crippen molar-refractivity contribution in [1.82, 2.24) is 5.32 Å². The number of carbonyl (C=O) groups is 1. The summed E-state index contributed by atoms with van der Waals surface area (Å²) < 4.78 is 0. The molecule has 0 rings (SSSR count). The van der Waals surface area contributed by atoms with Gasteiger partial charge in [0, 0.05) is 6.42 Å². The van der Waals surface area contributed by atoms with Crippen LogP contribution in [0.2, 0.25) is 0 Å². The summed E-state index contributed by atoms with van der Waals surface area (Å²) in [5.41, 5.74) is 0. The smallest absolute Gasteiger partial charge is 0.220 e. The topological polar surface area (TPSA) is 69.6 Å². The van der Waals surface area contributed by atoms with Gasteiger partial charge in [-0.1, -0.05) is 258 Å². The van der Waals surface area contributed by atoms with E-state index in [1.807, 2.05) is 0 Å². The van der Waals surface area contributed by atoms with E-state index in [9.17, 15) is 15.0 Å². The molecule has 0 spiro atoms. The Morgan fingerprint density at radius 3 is 0.882 bits per heavy atom. The van der Waals surface area contributed by atoms with E-state index in [4.69, 9.17) is 0 Å². The van der Waals surface area contributed by atoms with Gasteiger partial charge in [0.25, 0.3) is 0 Å². The molecule has 0 fully saturated rings. The van der Waals surface area contributed by atoms with Gasteiger partial charge in [-0.05, 0) is 12.8 Å². The Kier molecular flexibility index (Phi) is 43.3. The van der Waals surface area contributed by atoms with E-state index >= 15 is 0 Å². The minimum Gasteiger partial charge on any atom is -0.394 e. The minimum absolute atomic E-state index is 0.0345. The van der Waals surface area contributed by atoms with Crippen LogP contribution < -0.4 is 5.32 Å². The van der Waals surface area contributed by atoms with Crippen LogP contribution in [0, 0.1) is 0 Å². The van der Waals surface area contributed by atoms with Crippen molar-refractivity contribution in [1.29, 1.82) is 0 Å². The lowest BCUT2D eigenvalue weighted by molar-refractivity contribution is -0.123. The van der Waals surface area contributed by atoms with Gasteiger partial charge in [0.1, 0.15) is 0 Å². The molecule has 0 heterocycles. The first-order valence-corrected chi connectivity index (χ1v) is 23.7. The lowest BCUT2D eigenvalue weighted by Gasteiger charge is -2.22. The summed E-state index contributed by atoms with van der Waals surface area (Å²) in [6.45, 7) is 4.28. The van der Waals surface area contributed by atoms with Crippen molar-refractivity contribution in [3.05, 3.63) is 0 Å². The van der Waals surface area contributed by atoms with E-state index in [0.717, 1.165) is 32.1 Å². The SMILES string of the molecule is CCCCCCCCCCCCCCCCCCCCCCCCCCCCCCCCCCCCCC(=O)NC(CO)C(O)CCCCCC. The van der Waals surface area contributed by atoms with Crippen LogP contribution in [0.15, 0.2) is 0 Å². The van der Waals surface area contributed by atoms with Gasteiger partial charge >= 0.3 is 0 Å². The summed E-state index contributed by atoms with van der Waals surface area (Å²) in [5, 5.41) is 22.7. The van der Waals surface area contributed by atoms with Gasteiger partial charge in [-0.2, -0.15) is 0 Å². The molecule has 306 valence electrons. The van der Waals surface area contributed by atoms with Crippen molar-refractivity contribution in [2.24, 2.45) is 0 Å². The fourth-order valence-electron chi connectivity index (χ4n) is 7.72. The van der Waals surface area contributed by atoms with Crippen LogP contribution in [0.1, 0.15) is 277 Å². The predicted octanol–water partition coefficient (Wildman–Crippen LogP) is 14.9. The molecular formula is C47H95NO3. The maximum Gasteiger partial charge on any atom is 0.220 e. The van der Waals surface area contributed by atoms with Crippen molar-refractivity contribution < 1.29 is 15.0 Å². The Labute approximate surface area is 321 Å². The van der Waals surface area contributed by atoms with E-state index in [2.05, 4.69) is 19.2 Å². The van der Waals surface area contributed by atoms with Crippen molar-refractivity contribution in [3.8, 4) is 0 Å². The molecule has 0 aliphatic heterocycles. The minimum atomic E-state index is -0.649. The molecular weight excluding hydrogens is 627 g/mol. The van der Waals surface area contributed by atoms with Crippen LogP contribution >= 0.6 is 0 Å². The molecule has 0 aliphatic carbocycles. The van der Waals surface area contributed by atoms with E-state index in [0.29, 0.717) is 12.8 Å². The van der Waals surface area contributed by atoms with E-state index in [-0.39, 0.29) is 12.5 Å². The fraction of sp³-hybridized carbons (Fsp3) is 0.979. The molecule has 51 heavy (non-hydrogen) atoms. The molecule has 1 amide bonds. The molecule has 0 bridgehead atoms. The summed E-state index contributed by atoms with van der Waals surface area (Å²) >= 11 is 0. The molecule has 2 unspecified atom stereocenters. The Morgan fingerprint density at radius 1 is 0.392 bits per heavy atom. The summed E-state index contributed by atoms with van der Waals surface area (Å²) in [6.07, 6.45) is 54.2. The largest absolute Gasteiger partial charge is 0.394 e. The highest BCUT2D eigenvalue weighted by Crippen LogP contribution is 2.17. The Balaban J connectivity index is 3.23. The lowest BCUT2D eigenvalue weighted by Crippen LogP contribution is -2.45. The number of nitrogens with one attached hydrogen (secondary N) is 1. The molecule has 0 saturated carbocycles. The van der Waals surface area contributed by atoms with Crippen molar-refractivity contribution >= 4 is 5.91 Å². The summed E-state index contributed by atoms with van der Waals surface area (Å²) in [6, 6.07) is -0.526. The number of hydrogen-bond donors (Lipinski definition) is 3. The molecule has 0 aromatic rings. The predicted molar refractivity (Wildman–Crippen MR) is 226 cm³/mol. The van der Waals surface area contributed by atoms with E-state index in [1.165, 1.54) is 218 Å². The fourth-order valence-corrected chi connectivity index (χ4v) is 7.72. The van der Waals surface area contributed by atoms with Crippen LogP contribution in [0.4, 0.5) is 0 Å². The van der Waals surface area contributed by atoms with Gasteiger partial charge < -0.3 is 15.5 Å². The van der Waals surface area contributed by atoms with Gasteiger partial charge in [0.15, 0.2) is 0 Å². The number of hydrogen-bond acceptors (Lipinski definition) is 3. The third-order valence-electron chi connectivity index (χ3n) is 11.4. The van der Waals surface area contributed by atoms with Gasteiger partial charge in [0.2, 0.25) is 5.91 Å². The highest BCUT2D eigenvalue weighted by Gasteiger charge is 2.19. The van der Waals surface area contributed by atoms with Crippen LogP contribution in [-0.4, -0.2) is 34.9 Å². The first kappa shape index (κ1) is 50.4. The van der Waals surface area contributed by atoms with E-state index in [1.54, 1.807) is 0 Å². The Hall–Kier alpha value is -0.610. The highest BCUT2D eigenvalue weighted by atomic mass is 16.3. The summed E-state index contributed by atoms with van der Waals surface area (Å²) in [5.74, 6) is -0.0345. The lowest BCUT2D eigenvalue weighted by atomic mass is 10.0. The molecule has 0 saturated heterocycles. The second-order valence-electron chi connectivity index (χ2n) is 16.5. The second-order valence-corrected chi connectivity index (χ2v) is 16.5. The maximum absolute atomic E-state index is 12.2. The Morgan fingerprint density at radius 2 is 0.627 bits per heavy atom. The molecule has 4 nitrogen and oxygen atoms in total. The van der Waals surface area contributed by atoms with Crippen molar-refractivity contribution in [3.63, 3.8) is 0 Å². The molecule has 0 radical (unpaired) electrons.